The van der Waals surface area contributed by atoms with Gasteiger partial charge >= 0.3 is 7.12 Å². The van der Waals surface area contributed by atoms with Crippen LogP contribution < -0.4 is 5.59 Å². The van der Waals surface area contributed by atoms with Crippen LogP contribution >= 0.6 is 0 Å². The fourth-order valence-electron chi connectivity index (χ4n) is 2.06. The van der Waals surface area contributed by atoms with Crippen LogP contribution in [0, 0.1) is 0 Å². The Morgan fingerprint density at radius 3 is 2.47 bits per heavy atom. The summed E-state index contributed by atoms with van der Waals surface area (Å²) in [5.41, 5.74) is 0.271. The maximum Gasteiger partial charge on any atom is 0.508 e. The molecule has 17 heavy (non-hydrogen) atoms. The molecule has 0 bridgehead atoms. The maximum atomic E-state index is 9.09. The van der Waals surface area contributed by atoms with E-state index in [2.05, 4.69) is 4.98 Å². The Balaban J connectivity index is 2.37. The second-order valence-electron chi connectivity index (χ2n) is 3.99. The lowest BCUT2D eigenvalue weighted by atomic mass is 9.84. The van der Waals surface area contributed by atoms with Crippen molar-refractivity contribution in [2.75, 3.05) is 0 Å². The van der Waals surface area contributed by atoms with Gasteiger partial charge in [0.2, 0.25) is 0 Å². The Bertz CT molecular complexity index is 697. The van der Waals surface area contributed by atoms with Crippen LogP contribution in [0.15, 0.2) is 48.7 Å². The Morgan fingerprint density at radius 2 is 1.65 bits per heavy atom. The fraction of sp³-hybridized carbons (Fsp3) is 0. The predicted octanol–water partition coefficient (Wildman–Crippen LogP) is 1.07. The minimum atomic E-state index is -1.52. The van der Waals surface area contributed by atoms with Gasteiger partial charge in [0.15, 0.2) is 0 Å². The largest absolute Gasteiger partial charge is 0.508 e. The molecule has 0 unspecified atom stereocenters. The molecular weight excluding hydrogens is 213 g/mol. The van der Waals surface area contributed by atoms with E-state index in [1.165, 1.54) is 0 Å². The molecule has 0 amide bonds. The Morgan fingerprint density at radius 1 is 0.882 bits per heavy atom. The summed E-state index contributed by atoms with van der Waals surface area (Å²) in [5, 5.41) is 22.4. The first-order valence-electron chi connectivity index (χ1n) is 5.39. The van der Waals surface area contributed by atoms with Gasteiger partial charge in [-0.15, -0.1) is 0 Å². The minimum Gasteiger partial charge on any atom is -0.422 e. The zero-order valence-corrected chi connectivity index (χ0v) is 9.04. The molecular formula is C13H10BNO2. The first-order valence-corrected chi connectivity index (χ1v) is 5.39. The molecule has 0 radical (unpaired) electrons. The first kappa shape index (κ1) is 10.3. The van der Waals surface area contributed by atoms with Crippen molar-refractivity contribution < 1.29 is 10.0 Å². The number of rotatable bonds is 1. The van der Waals surface area contributed by atoms with E-state index in [9.17, 15) is 0 Å². The molecule has 2 N–H and O–H groups in total. The number of pyridine rings is 1. The highest BCUT2D eigenvalue weighted by molar-refractivity contribution is 6.57. The number of benzene rings is 2. The average molecular weight is 223 g/mol. The van der Waals surface area contributed by atoms with E-state index in [-0.39, 0.29) is 5.59 Å². The van der Waals surface area contributed by atoms with Crippen LogP contribution in [0.25, 0.3) is 21.5 Å². The van der Waals surface area contributed by atoms with Crippen LogP contribution in [0.2, 0.25) is 0 Å². The average Bonchev–Trinajstić information content (AvgIpc) is 2.38. The normalized spacial score (nSPS) is 10.9. The Kier molecular flexibility index (Phi) is 2.32. The topological polar surface area (TPSA) is 53.4 Å². The predicted molar refractivity (Wildman–Crippen MR) is 69.1 cm³/mol. The Hall–Kier alpha value is -1.91. The van der Waals surface area contributed by atoms with Gasteiger partial charge in [-0.2, -0.15) is 0 Å². The van der Waals surface area contributed by atoms with Crippen LogP contribution in [-0.2, 0) is 0 Å². The number of fused-ring (bicyclic) bond motifs is 3. The first-order chi connectivity index (χ1) is 8.25. The van der Waals surface area contributed by atoms with Gasteiger partial charge in [0.05, 0.1) is 5.59 Å². The second kappa shape index (κ2) is 3.84. The number of aromatic nitrogens is 1. The van der Waals surface area contributed by atoms with E-state index in [0.29, 0.717) is 0 Å². The van der Waals surface area contributed by atoms with E-state index in [0.717, 1.165) is 21.5 Å². The van der Waals surface area contributed by atoms with Gasteiger partial charge in [-0.05, 0) is 22.2 Å². The summed E-state index contributed by atoms with van der Waals surface area (Å²) < 4.78 is 0. The molecule has 1 heterocycles. The van der Waals surface area contributed by atoms with Gasteiger partial charge in [0.1, 0.15) is 0 Å². The molecule has 3 rings (SSSR count). The molecule has 0 saturated carbocycles. The van der Waals surface area contributed by atoms with Crippen molar-refractivity contribution in [3.05, 3.63) is 48.7 Å². The van der Waals surface area contributed by atoms with Crippen molar-refractivity contribution >= 4 is 34.3 Å². The highest BCUT2D eigenvalue weighted by Crippen LogP contribution is 2.23. The number of hydrogen-bond donors (Lipinski definition) is 2. The van der Waals surface area contributed by atoms with Crippen LogP contribution in [0.1, 0.15) is 0 Å². The van der Waals surface area contributed by atoms with Gasteiger partial charge in [-0.1, -0.05) is 36.4 Å². The molecule has 0 aliphatic carbocycles. The van der Waals surface area contributed by atoms with E-state index in [4.69, 9.17) is 10.0 Å². The van der Waals surface area contributed by atoms with Gasteiger partial charge in [-0.3, -0.25) is 4.98 Å². The smallest absolute Gasteiger partial charge is 0.422 e. The van der Waals surface area contributed by atoms with Gasteiger partial charge in [0.25, 0.3) is 0 Å². The summed E-state index contributed by atoms with van der Waals surface area (Å²) in [6.45, 7) is 0. The molecule has 0 atom stereocenters. The molecule has 0 fully saturated rings. The Labute approximate surface area is 98.5 Å². The summed E-state index contributed by atoms with van der Waals surface area (Å²) in [7, 11) is -1.52. The maximum absolute atomic E-state index is 9.09. The minimum absolute atomic E-state index is 0.271. The summed E-state index contributed by atoms with van der Waals surface area (Å²) >= 11 is 0. The molecule has 3 nitrogen and oxygen atoms in total. The van der Waals surface area contributed by atoms with Crippen LogP contribution in [0.3, 0.4) is 0 Å². The van der Waals surface area contributed by atoms with Crippen molar-refractivity contribution in [2.45, 2.75) is 0 Å². The highest BCUT2D eigenvalue weighted by Gasteiger charge is 2.13. The van der Waals surface area contributed by atoms with Crippen molar-refractivity contribution in [3.63, 3.8) is 0 Å². The van der Waals surface area contributed by atoms with Crippen molar-refractivity contribution in [1.82, 2.24) is 4.98 Å². The zero-order chi connectivity index (χ0) is 11.8. The van der Waals surface area contributed by atoms with E-state index in [1.807, 2.05) is 36.4 Å². The number of nitrogens with zero attached hydrogens (tertiary/aromatic N) is 1. The molecule has 0 aliphatic heterocycles. The second-order valence-corrected chi connectivity index (χ2v) is 3.99. The molecule has 4 heteroatoms. The van der Waals surface area contributed by atoms with Crippen LogP contribution in [0.4, 0.5) is 0 Å². The summed E-state index contributed by atoms with van der Waals surface area (Å²) in [4.78, 5) is 4.06. The van der Waals surface area contributed by atoms with E-state index >= 15 is 0 Å². The molecule has 2 aromatic carbocycles. The molecule has 1 aromatic heterocycles. The third-order valence-electron chi connectivity index (χ3n) is 2.92. The third-order valence-corrected chi connectivity index (χ3v) is 2.92. The van der Waals surface area contributed by atoms with E-state index < -0.39 is 7.12 Å². The monoisotopic (exact) mass is 223 g/mol. The molecule has 0 aliphatic rings. The van der Waals surface area contributed by atoms with Gasteiger partial charge in [-0.25, -0.2) is 0 Å². The zero-order valence-electron chi connectivity index (χ0n) is 9.04. The lowest BCUT2D eigenvalue weighted by Gasteiger charge is -2.05. The fourth-order valence-corrected chi connectivity index (χ4v) is 2.06. The van der Waals surface area contributed by atoms with Crippen molar-refractivity contribution in [3.8, 4) is 0 Å². The van der Waals surface area contributed by atoms with Gasteiger partial charge in [0, 0.05) is 11.6 Å². The summed E-state index contributed by atoms with van der Waals surface area (Å²) in [6.07, 6.45) is 1.69. The lowest BCUT2D eigenvalue weighted by molar-refractivity contribution is 0.424. The number of hydrogen-bond acceptors (Lipinski definition) is 3. The summed E-state index contributed by atoms with van der Waals surface area (Å²) in [5.74, 6) is 0. The quantitative estimate of drug-likeness (QED) is 0.479. The van der Waals surface area contributed by atoms with Crippen molar-refractivity contribution in [1.29, 1.82) is 0 Å². The van der Waals surface area contributed by atoms with Gasteiger partial charge < -0.3 is 10.0 Å². The van der Waals surface area contributed by atoms with Crippen LogP contribution in [0.5, 0.6) is 0 Å². The molecule has 0 spiro atoms. The standard InChI is InChI=1S/C13H10BNO2/c16-14(17)13-7-10-6-5-9-3-1-2-4-11(9)12(10)8-15-13/h1-8,16-17H. The highest BCUT2D eigenvalue weighted by atomic mass is 16.4. The van der Waals surface area contributed by atoms with Crippen molar-refractivity contribution in [2.24, 2.45) is 0 Å². The lowest BCUT2D eigenvalue weighted by Crippen LogP contribution is -2.32. The van der Waals surface area contributed by atoms with E-state index in [1.54, 1.807) is 12.3 Å². The SMILES string of the molecule is OB(O)c1cc2ccc3ccccc3c2cn1. The molecule has 3 aromatic rings. The van der Waals surface area contributed by atoms with Crippen LogP contribution in [-0.4, -0.2) is 22.2 Å². The molecule has 0 saturated heterocycles. The third kappa shape index (κ3) is 1.67. The molecule has 82 valence electrons. The summed E-state index contributed by atoms with van der Waals surface area (Å²) in [6, 6.07) is 13.7.